The summed E-state index contributed by atoms with van der Waals surface area (Å²) in [6.07, 6.45) is 1.95. The SMILES string of the molecule is COc1c(F)cccc1C(C)Cc1nc(N[C@@H](CO)CC(C)C)nc(NS(C)(=O)=O)n1. The van der Waals surface area contributed by atoms with Crippen molar-refractivity contribution >= 4 is 21.9 Å². The molecular weight excluding hydrogens is 425 g/mol. The first-order valence-electron chi connectivity index (χ1n) is 9.94. The Kier molecular flexibility index (Phi) is 8.52. The van der Waals surface area contributed by atoms with Crippen LogP contribution >= 0.6 is 0 Å². The normalized spacial score (nSPS) is 13.7. The van der Waals surface area contributed by atoms with E-state index in [4.69, 9.17) is 4.74 Å². The summed E-state index contributed by atoms with van der Waals surface area (Å²) < 4.78 is 44.9. The van der Waals surface area contributed by atoms with Gasteiger partial charge < -0.3 is 15.2 Å². The zero-order valence-electron chi connectivity index (χ0n) is 18.4. The van der Waals surface area contributed by atoms with Crippen LogP contribution in [0.2, 0.25) is 0 Å². The lowest BCUT2D eigenvalue weighted by Crippen LogP contribution is -2.27. The molecule has 1 unspecified atom stereocenters. The van der Waals surface area contributed by atoms with E-state index >= 15 is 0 Å². The number of para-hydroxylation sites is 1. The number of rotatable bonds is 11. The molecule has 1 heterocycles. The molecular formula is C20H30FN5O4S. The van der Waals surface area contributed by atoms with Crippen LogP contribution in [-0.4, -0.2) is 54.5 Å². The number of hydrogen-bond donors (Lipinski definition) is 3. The lowest BCUT2D eigenvalue weighted by Gasteiger charge is -2.19. The molecule has 0 aliphatic carbocycles. The molecule has 3 N–H and O–H groups in total. The highest BCUT2D eigenvalue weighted by atomic mass is 32.2. The number of ether oxygens (including phenoxy) is 1. The fourth-order valence-electron chi connectivity index (χ4n) is 3.23. The highest BCUT2D eigenvalue weighted by Crippen LogP contribution is 2.31. The van der Waals surface area contributed by atoms with Gasteiger partial charge in [-0.05, 0) is 24.3 Å². The van der Waals surface area contributed by atoms with E-state index in [0.29, 0.717) is 23.7 Å². The van der Waals surface area contributed by atoms with E-state index in [1.807, 2.05) is 20.8 Å². The minimum atomic E-state index is -3.61. The molecule has 2 rings (SSSR count). The number of anilines is 2. The highest BCUT2D eigenvalue weighted by Gasteiger charge is 2.19. The van der Waals surface area contributed by atoms with E-state index in [-0.39, 0.29) is 42.6 Å². The number of sulfonamides is 1. The molecule has 2 aromatic rings. The summed E-state index contributed by atoms with van der Waals surface area (Å²) in [4.78, 5) is 12.7. The molecule has 9 nitrogen and oxygen atoms in total. The first kappa shape index (κ1) is 24.7. The molecule has 0 aliphatic rings. The Morgan fingerprint density at radius 1 is 1.16 bits per heavy atom. The molecule has 11 heteroatoms. The van der Waals surface area contributed by atoms with Gasteiger partial charge in [0.15, 0.2) is 11.6 Å². The molecule has 2 atom stereocenters. The van der Waals surface area contributed by atoms with Crippen LogP contribution in [0.1, 0.15) is 44.5 Å². The first-order chi connectivity index (χ1) is 14.5. The van der Waals surface area contributed by atoms with Gasteiger partial charge in [0.1, 0.15) is 5.82 Å². The number of aromatic nitrogens is 3. The van der Waals surface area contributed by atoms with Crippen molar-refractivity contribution < 1.29 is 22.7 Å². The molecule has 0 amide bonds. The zero-order valence-corrected chi connectivity index (χ0v) is 19.2. The van der Waals surface area contributed by atoms with Gasteiger partial charge in [0.25, 0.3) is 0 Å². The third-order valence-corrected chi connectivity index (χ3v) is 5.04. The molecule has 0 saturated heterocycles. The van der Waals surface area contributed by atoms with Gasteiger partial charge in [-0.15, -0.1) is 0 Å². The number of nitrogens with one attached hydrogen (secondary N) is 2. The lowest BCUT2D eigenvalue weighted by atomic mass is 9.96. The van der Waals surface area contributed by atoms with Crippen molar-refractivity contribution in [2.75, 3.05) is 30.0 Å². The van der Waals surface area contributed by atoms with Crippen LogP contribution in [0.4, 0.5) is 16.3 Å². The van der Waals surface area contributed by atoms with E-state index in [1.165, 1.54) is 13.2 Å². The van der Waals surface area contributed by atoms with Gasteiger partial charge >= 0.3 is 0 Å². The number of aliphatic hydroxyl groups is 1. The number of halogens is 1. The summed E-state index contributed by atoms with van der Waals surface area (Å²) in [7, 11) is -2.21. The predicted molar refractivity (Wildman–Crippen MR) is 117 cm³/mol. The maximum atomic E-state index is 14.1. The topological polar surface area (TPSA) is 126 Å². The van der Waals surface area contributed by atoms with Crippen molar-refractivity contribution in [3.8, 4) is 5.75 Å². The number of aliphatic hydroxyl groups excluding tert-OH is 1. The molecule has 172 valence electrons. The van der Waals surface area contributed by atoms with Gasteiger partial charge in [-0.2, -0.15) is 15.0 Å². The van der Waals surface area contributed by atoms with E-state index in [2.05, 4.69) is 25.0 Å². The maximum Gasteiger partial charge on any atom is 0.241 e. The third kappa shape index (κ3) is 7.59. The van der Waals surface area contributed by atoms with Crippen LogP contribution in [-0.2, 0) is 16.4 Å². The van der Waals surface area contributed by atoms with Crippen molar-refractivity contribution in [2.45, 2.75) is 45.6 Å². The Hall–Kier alpha value is -2.53. The molecule has 0 radical (unpaired) electrons. The van der Waals surface area contributed by atoms with Crippen LogP contribution in [0, 0.1) is 11.7 Å². The molecule has 1 aromatic heterocycles. The fraction of sp³-hybridized carbons (Fsp3) is 0.550. The number of hydrogen-bond acceptors (Lipinski definition) is 8. The molecule has 0 saturated carbocycles. The lowest BCUT2D eigenvalue weighted by molar-refractivity contribution is 0.259. The van der Waals surface area contributed by atoms with Crippen LogP contribution in [0.3, 0.4) is 0 Å². The highest BCUT2D eigenvalue weighted by molar-refractivity contribution is 7.91. The van der Waals surface area contributed by atoms with Gasteiger partial charge in [-0.3, -0.25) is 4.72 Å². The van der Waals surface area contributed by atoms with E-state index in [9.17, 15) is 17.9 Å². The molecule has 1 aromatic carbocycles. The molecule has 0 bridgehead atoms. The number of benzene rings is 1. The van der Waals surface area contributed by atoms with Crippen molar-refractivity contribution in [1.82, 2.24) is 15.0 Å². The summed E-state index contributed by atoms with van der Waals surface area (Å²) >= 11 is 0. The van der Waals surface area contributed by atoms with Gasteiger partial charge in [0.05, 0.1) is 26.0 Å². The minimum Gasteiger partial charge on any atom is -0.493 e. The standard InChI is InChI=1S/C20H30FN5O4S/c1-12(2)9-14(11-27)22-19-23-17(24-20(25-19)26-31(5,28)29)10-13(3)15-7-6-8-16(21)18(15)30-4/h6-8,12-14,27H,9-11H2,1-5H3,(H2,22,23,24,25,26)/t13?,14-/m1/s1. The van der Waals surface area contributed by atoms with Crippen molar-refractivity contribution in [2.24, 2.45) is 5.92 Å². The van der Waals surface area contributed by atoms with Gasteiger partial charge in [0.2, 0.25) is 21.9 Å². The fourth-order valence-corrected chi connectivity index (χ4v) is 3.65. The minimum absolute atomic E-state index is 0.130. The maximum absolute atomic E-state index is 14.1. The van der Waals surface area contributed by atoms with Crippen LogP contribution in [0.5, 0.6) is 5.75 Å². The summed E-state index contributed by atoms with van der Waals surface area (Å²) in [5, 5.41) is 12.7. The van der Waals surface area contributed by atoms with Crippen LogP contribution in [0.25, 0.3) is 0 Å². The predicted octanol–water partition coefficient (Wildman–Crippen LogP) is 2.56. The van der Waals surface area contributed by atoms with Gasteiger partial charge in [-0.25, -0.2) is 12.8 Å². The summed E-state index contributed by atoms with van der Waals surface area (Å²) in [6.45, 7) is 5.78. The molecule has 0 spiro atoms. The van der Waals surface area contributed by atoms with E-state index in [1.54, 1.807) is 12.1 Å². The average molecular weight is 456 g/mol. The monoisotopic (exact) mass is 455 g/mol. The molecule has 0 fully saturated rings. The van der Waals surface area contributed by atoms with Crippen molar-refractivity contribution in [3.05, 3.63) is 35.4 Å². The Labute approximate surface area is 182 Å². The van der Waals surface area contributed by atoms with Gasteiger partial charge in [0, 0.05) is 12.0 Å². The smallest absolute Gasteiger partial charge is 0.241 e. The Bertz CT molecular complexity index is 988. The van der Waals surface area contributed by atoms with Gasteiger partial charge in [-0.1, -0.05) is 32.9 Å². The Morgan fingerprint density at radius 3 is 2.42 bits per heavy atom. The zero-order chi connectivity index (χ0) is 23.2. The second kappa shape index (κ2) is 10.7. The second-order valence-electron chi connectivity index (χ2n) is 7.89. The summed E-state index contributed by atoms with van der Waals surface area (Å²) in [6, 6.07) is 4.37. The van der Waals surface area contributed by atoms with Crippen LogP contribution in [0.15, 0.2) is 18.2 Å². The Balaban J connectivity index is 2.37. The molecule has 31 heavy (non-hydrogen) atoms. The van der Waals surface area contributed by atoms with E-state index < -0.39 is 15.8 Å². The largest absolute Gasteiger partial charge is 0.493 e. The molecule has 0 aliphatic heterocycles. The summed E-state index contributed by atoms with van der Waals surface area (Å²) in [5.41, 5.74) is 0.642. The Morgan fingerprint density at radius 2 is 1.84 bits per heavy atom. The van der Waals surface area contributed by atoms with Crippen molar-refractivity contribution in [3.63, 3.8) is 0 Å². The number of nitrogens with zero attached hydrogens (tertiary/aromatic N) is 3. The van der Waals surface area contributed by atoms with Crippen LogP contribution < -0.4 is 14.8 Å². The van der Waals surface area contributed by atoms with E-state index in [0.717, 1.165) is 6.26 Å². The second-order valence-corrected chi connectivity index (χ2v) is 9.64. The summed E-state index contributed by atoms with van der Waals surface area (Å²) in [5.74, 6) is 0.0989. The first-order valence-corrected chi connectivity index (χ1v) is 11.8. The average Bonchev–Trinajstić information content (AvgIpc) is 2.65. The third-order valence-electron chi connectivity index (χ3n) is 4.49. The number of methoxy groups -OCH3 is 1. The van der Waals surface area contributed by atoms with Crippen molar-refractivity contribution in [1.29, 1.82) is 0 Å². The quantitative estimate of drug-likeness (QED) is 0.472.